The Bertz CT molecular complexity index is 631. The minimum atomic E-state index is -0.354. The highest BCUT2D eigenvalue weighted by Gasteiger charge is 2.22. The summed E-state index contributed by atoms with van der Waals surface area (Å²) in [6.07, 6.45) is 9.68. The van der Waals surface area contributed by atoms with E-state index in [9.17, 15) is 9.90 Å². The molecule has 1 aromatic heterocycles. The van der Waals surface area contributed by atoms with Gasteiger partial charge in [0.05, 0.1) is 12.7 Å². The van der Waals surface area contributed by atoms with E-state index >= 15 is 0 Å². The number of phenolic OH excluding ortho intramolecular Hbond substituents is 1. The number of aromatic hydroxyl groups is 1. The summed E-state index contributed by atoms with van der Waals surface area (Å²) in [7, 11) is 0. The fourth-order valence-electron chi connectivity index (χ4n) is 3.04. The lowest BCUT2D eigenvalue weighted by Crippen LogP contribution is -2.11. The van der Waals surface area contributed by atoms with Crippen LogP contribution in [0.5, 0.6) is 5.75 Å². The lowest BCUT2D eigenvalue weighted by atomic mass is 9.94. The van der Waals surface area contributed by atoms with Gasteiger partial charge in [-0.2, -0.15) is 0 Å². The molecule has 0 spiro atoms. The van der Waals surface area contributed by atoms with Crippen molar-refractivity contribution in [3.8, 4) is 5.75 Å². The molecule has 5 heteroatoms. The summed E-state index contributed by atoms with van der Waals surface area (Å²) in [5.41, 5.74) is 1.61. The van der Waals surface area contributed by atoms with Crippen molar-refractivity contribution in [2.24, 2.45) is 0 Å². The molecule has 0 atom stereocenters. The first-order valence-corrected chi connectivity index (χ1v) is 7.66. The molecule has 1 aliphatic carbocycles. The molecular formula is C17H20N2O3. The number of nitrogens with zero attached hydrogens (tertiary/aromatic N) is 2. The third kappa shape index (κ3) is 3.30. The molecule has 3 rings (SSSR count). The standard InChI is InChI=1S/C17H20N2O3/c20-16(22-12-19-9-8-18-11-19)10-14-6-3-7-15(17(14)21)13-4-1-2-5-13/h3,6-9,11,13,21H,1-2,4-5,10,12H2. The molecule has 116 valence electrons. The highest BCUT2D eigenvalue weighted by molar-refractivity contribution is 5.73. The maximum absolute atomic E-state index is 11.9. The molecule has 22 heavy (non-hydrogen) atoms. The van der Waals surface area contributed by atoms with Crippen molar-refractivity contribution >= 4 is 5.97 Å². The molecule has 0 saturated heterocycles. The van der Waals surface area contributed by atoms with E-state index < -0.39 is 0 Å². The average Bonchev–Trinajstić information content (AvgIpc) is 3.20. The maximum Gasteiger partial charge on any atom is 0.312 e. The second-order valence-electron chi connectivity index (χ2n) is 5.74. The van der Waals surface area contributed by atoms with Gasteiger partial charge in [0.25, 0.3) is 0 Å². The zero-order valence-electron chi connectivity index (χ0n) is 12.4. The Kier molecular flexibility index (Phi) is 4.42. The van der Waals surface area contributed by atoms with Gasteiger partial charge in [0, 0.05) is 18.0 Å². The zero-order valence-corrected chi connectivity index (χ0v) is 12.4. The van der Waals surface area contributed by atoms with Gasteiger partial charge in [-0.25, -0.2) is 4.98 Å². The smallest absolute Gasteiger partial charge is 0.312 e. The first-order chi connectivity index (χ1) is 10.7. The molecule has 1 fully saturated rings. The lowest BCUT2D eigenvalue weighted by molar-refractivity contribution is -0.146. The van der Waals surface area contributed by atoms with Gasteiger partial charge in [-0.1, -0.05) is 31.0 Å². The average molecular weight is 300 g/mol. The molecule has 0 unspecified atom stereocenters. The van der Waals surface area contributed by atoms with Gasteiger partial charge in [0.15, 0.2) is 6.73 Å². The maximum atomic E-state index is 11.9. The van der Waals surface area contributed by atoms with Gasteiger partial charge < -0.3 is 14.4 Å². The van der Waals surface area contributed by atoms with E-state index in [2.05, 4.69) is 4.98 Å². The van der Waals surface area contributed by atoms with Crippen LogP contribution in [0.25, 0.3) is 0 Å². The van der Waals surface area contributed by atoms with Crippen LogP contribution in [0.3, 0.4) is 0 Å². The van der Waals surface area contributed by atoms with E-state index in [1.807, 2.05) is 12.1 Å². The Hall–Kier alpha value is -2.30. The number of carbonyl (C=O) groups is 1. The third-order valence-electron chi connectivity index (χ3n) is 4.21. The van der Waals surface area contributed by atoms with Crippen LogP contribution in [-0.2, 0) is 22.7 Å². The van der Waals surface area contributed by atoms with E-state index in [0.717, 1.165) is 18.4 Å². The first kappa shape index (κ1) is 14.6. The highest BCUT2D eigenvalue weighted by Crippen LogP contribution is 2.39. The number of phenols is 1. The topological polar surface area (TPSA) is 64.3 Å². The summed E-state index contributed by atoms with van der Waals surface area (Å²) >= 11 is 0. The normalized spacial score (nSPS) is 15.1. The molecule has 1 aliphatic rings. The number of carbonyl (C=O) groups excluding carboxylic acids is 1. The van der Waals surface area contributed by atoms with Crippen molar-refractivity contribution in [1.82, 2.24) is 9.55 Å². The molecular weight excluding hydrogens is 280 g/mol. The Morgan fingerprint density at radius 2 is 2.18 bits per heavy atom. The Morgan fingerprint density at radius 3 is 2.91 bits per heavy atom. The highest BCUT2D eigenvalue weighted by atomic mass is 16.5. The minimum Gasteiger partial charge on any atom is -0.507 e. The van der Waals surface area contributed by atoms with Crippen LogP contribution < -0.4 is 0 Å². The van der Waals surface area contributed by atoms with E-state index in [4.69, 9.17) is 4.74 Å². The molecule has 0 aliphatic heterocycles. The number of imidazole rings is 1. The van der Waals surface area contributed by atoms with E-state index in [0.29, 0.717) is 11.5 Å². The summed E-state index contributed by atoms with van der Waals surface area (Å²) in [5, 5.41) is 10.4. The number of benzene rings is 1. The van der Waals surface area contributed by atoms with Gasteiger partial charge in [-0.05, 0) is 24.3 Å². The number of aromatic nitrogens is 2. The van der Waals surface area contributed by atoms with Crippen LogP contribution >= 0.6 is 0 Å². The fourth-order valence-corrected chi connectivity index (χ4v) is 3.04. The molecule has 0 amide bonds. The first-order valence-electron chi connectivity index (χ1n) is 7.66. The minimum absolute atomic E-state index is 0.0844. The van der Waals surface area contributed by atoms with Crippen LogP contribution in [0.1, 0.15) is 42.7 Å². The molecule has 1 aromatic carbocycles. The van der Waals surface area contributed by atoms with Gasteiger partial charge in [-0.15, -0.1) is 0 Å². The molecule has 1 heterocycles. The van der Waals surface area contributed by atoms with Gasteiger partial charge >= 0.3 is 5.97 Å². The second kappa shape index (κ2) is 6.64. The molecule has 1 saturated carbocycles. The van der Waals surface area contributed by atoms with Crippen molar-refractivity contribution in [3.05, 3.63) is 48.0 Å². The number of esters is 1. The number of hydrogen-bond donors (Lipinski definition) is 1. The summed E-state index contributed by atoms with van der Waals surface area (Å²) in [6.45, 7) is 0.141. The predicted octanol–water partition coefficient (Wildman–Crippen LogP) is 2.99. The van der Waals surface area contributed by atoms with Crippen molar-refractivity contribution in [3.63, 3.8) is 0 Å². The van der Waals surface area contributed by atoms with Gasteiger partial charge in [0.2, 0.25) is 0 Å². The number of ether oxygens (including phenoxy) is 1. The lowest BCUT2D eigenvalue weighted by Gasteiger charge is -2.14. The predicted molar refractivity (Wildman–Crippen MR) is 81.3 cm³/mol. The van der Waals surface area contributed by atoms with Gasteiger partial charge in [0.1, 0.15) is 5.75 Å². The summed E-state index contributed by atoms with van der Waals surface area (Å²) in [5.74, 6) is 0.323. The van der Waals surface area contributed by atoms with Crippen molar-refractivity contribution < 1.29 is 14.6 Å². The Labute approximate surface area is 129 Å². The fraction of sp³-hybridized carbons (Fsp3) is 0.412. The van der Waals surface area contributed by atoms with Crippen LogP contribution in [0, 0.1) is 0 Å². The number of para-hydroxylation sites is 1. The molecule has 0 radical (unpaired) electrons. The van der Waals surface area contributed by atoms with Crippen molar-refractivity contribution in [2.75, 3.05) is 0 Å². The van der Waals surface area contributed by atoms with E-state index in [1.165, 1.54) is 12.8 Å². The van der Waals surface area contributed by atoms with Crippen LogP contribution in [0.4, 0.5) is 0 Å². The van der Waals surface area contributed by atoms with Crippen LogP contribution in [0.2, 0.25) is 0 Å². The van der Waals surface area contributed by atoms with Crippen molar-refractivity contribution in [2.45, 2.75) is 44.8 Å². The zero-order chi connectivity index (χ0) is 15.4. The molecule has 0 bridgehead atoms. The Balaban J connectivity index is 1.64. The molecule has 1 N–H and O–H groups in total. The monoisotopic (exact) mass is 300 g/mol. The SMILES string of the molecule is O=C(Cc1cccc(C2CCCC2)c1O)OCn1ccnc1. The quantitative estimate of drug-likeness (QED) is 0.862. The molecule has 5 nitrogen and oxygen atoms in total. The third-order valence-corrected chi connectivity index (χ3v) is 4.21. The van der Waals surface area contributed by atoms with Gasteiger partial charge in [-0.3, -0.25) is 4.79 Å². The summed E-state index contributed by atoms with van der Waals surface area (Å²) in [4.78, 5) is 15.8. The summed E-state index contributed by atoms with van der Waals surface area (Å²) < 4.78 is 6.86. The van der Waals surface area contributed by atoms with E-state index in [1.54, 1.807) is 29.4 Å². The molecule has 2 aromatic rings. The van der Waals surface area contributed by atoms with Crippen molar-refractivity contribution in [1.29, 1.82) is 0 Å². The second-order valence-corrected chi connectivity index (χ2v) is 5.74. The number of rotatable bonds is 5. The van der Waals surface area contributed by atoms with Crippen LogP contribution in [-0.4, -0.2) is 20.6 Å². The summed E-state index contributed by atoms with van der Waals surface area (Å²) in [6, 6.07) is 5.66. The largest absolute Gasteiger partial charge is 0.507 e. The van der Waals surface area contributed by atoms with Crippen LogP contribution in [0.15, 0.2) is 36.9 Å². The van der Waals surface area contributed by atoms with E-state index in [-0.39, 0.29) is 24.9 Å². The number of hydrogen-bond acceptors (Lipinski definition) is 4. The Morgan fingerprint density at radius 1 is 1.36 bits per heavy atom.